The van der Waals surface area contributed by atoms with Crippen LogP contribution in [0.3, 0.4) is 0 Å². The zero-order valence-corrected chi connectivity index (χ0v) is 17.9. The van der Waals surface area contributed by atoms with Crippen LogP contribution >= 0.6 is 0 Å². The number of fused-ring (bicyclic) bond motifs is 1. The molecule has 2 amide bonds. The number of nitrogens with zero attached hydrogens (tertiary/aromatic N) is 1. The molecule has 30 heavy (non-hydrogen) atoms. The summed E-state index contributed by atoms with van der Waals surface area (Å²) in [5.41, 5.74) is 1.58. The SMILES string of the molecule is CCOc1ccccc1C(CC(C)C)NC(=O)CN1C(=O)CCOc2ccccc21. The fourth-order valence-electron chi connectivity index (χ4n) is 3.67. The van der Waals surface area contributed by atoms with Gasteiger partial charge in [-0.2, -0.15) is 0 Å². The third-order valence-corrected chi connectivity index (χ3v) is 4.97. The molecule has 0 bridgehead atoms. The Morgan fingerprint density at radius 2 is 1.90 bits per heavy atom. The van der Waals surface area contributed by atoms with Gasteiger partial charge in [0.25, 0.3) is 0 Å². The highest BCUT2D eigenvalue weighted by molar-refractivity contribution is 6.00. The van der Waals surface area contributed by atoms with Gasteiger partial charge in [0.2, 0.25) is 11.8 Å². The predicted molar refractivity (Wildman–Crippen MR) is 117 cm³/mol. The predicted octanol–water partition coefficient (Wildman–Crippen LogP) is 4.10. The van der Waals surface area contributed by atoms with E-state index in [0.717, 1.165) is 17.7 Å². The van der Waals surface area contributed by atoms with Gasteiger partial charge < -0.3 is 14.8 Å². The minimum Gasteiger partial charge on any atom is -0.494 e. The van der Waals surface area contributed by atoms with Crippen molar-refractivity contribution < 1.29 is 19.1 Å². The Morgan fingerprint density at radius 1 is 1.17 bits per heavy atom. The lowest BCUT2D eigenvalue weighted by Gasteiger charge is -2.26. The molecule has 6 nitrogen and oxygen atoms in total. The maximum atomic E-state index is 13.0. The van der Waals surface area contributed by atoms with Crippen molar-refractivity contribution in [2.75, 3.05) is 24.7 Å². The van der Waals surface area contributed by atoms with Gasteiger partial charge in [0.1, 0.15) is 18.0 Å². The fourth-order valence-corrected chi connectivity index (χ4v) is 3.67. The lowest BCUT2D eigenvalue weighted by atomic mass is 9.96. The van der Waals surface area contributed by atoms with Gasteiger partial charge in [-0.25, -0.2) is 0 Å². The van der Waals surface area contributed by atoms with Gasteiger partial charge >= 0.3 is 0 Å². The first-order valence-electron chi connectivity index (χ1n) is 10.5. The van der Waals surface area contributed by atoms with Crippen LogP contribution in [0.5, 0.6) is 11.5 Å². The van der Waals surface area contributed by atoms with E-state index in [9.17, 15) is 9.59 Å². The molecule has 1 unspecified atom stereocenters. The maximum absolute atomic E-state index is 13.0. The normalized spacial score (nSPS) is 14.5. The number of hydrogen-bond donors (Lipinski definition) is 1. The molecule has 1 heterocycles. The molecule has 1 aliphatic heterocycles. The lowest BCUT2D eigenvalue weighted by Crippen LogP contribution is -2.42. The number of ether oxygens (including phenoxy) is 2. The van der Waals surface area contributed by atoms with E-state index in [-0.39, 0.29) is 30.8 Å². The smallest absolute Gasteiger partial charge is 0.240 e. The number of carbonyl (C=O) groups is 2. The van der Waals surface area contributed by atoms with Crippen LogP contribution in [0.25, 0.3) is 0 Å². The molecule has 0 radical (unpaired) electrons. The standard InChI is InChI=1S/C24H30N2O4/c1-4-29-21-11-7-5-9-18(21)19(15-17(2)3)25-23(27)16-26-20-10-6-8-12-22(20)30-14-13-24(26)28/h5-12,17,19H,4,13-16H2,1-3H3,(H,25,27). The maximum Gasteiger partial charge on any atom is 0.240 e. The summed E-state index contributed by atoms with van der Waals surface area (Å²) in [6.45, 7) is 6.99. The molecular formula is C24H30N2O4. The summed E-state index contributed by atoms with van der Waals surface area (Å²) in [5, 5.41) is 3.13. The summed E-state index contributed by atoms with van der Waals surface area (Å²) in [4.78, 5) is 27.2. The number of benzene rings is 2. The molecule has 1 N–H and O–H groups in total. The Kier molecular flexibility index (Phi) is 7.33. The van der Waals surface area contributed by atoms with Gasteiger partial charge in [-0.05, 0) is 37.5 Å². The van der Waals surface area contributed by atoms with Gasteiger partial charge in [0.05, 0.1) is 31.4 Å². The Bertz CT molecular complexity index is 881. The second kappa shape index (κ2) is 10.1. The van der Waals surface area contributed by atoms with Crippen molar-refractivity contribution in [1.29, 1.82) is 0 Å². The van der Waals surface area contributed by atoms with E-state index in [1.807, 2.05) is 55.5 Å². The van der Waals surface area contributed by atoms with Crippen LogP contribution in [0.15, 0.2) is 48.5 Å². The summed E-state index contributed by atoms with van der Waals surface area (Å²) in [5.74, 6) is 1.44. The van der Waals surface area contributed by atoms with Gasteiger partial charge in [-0.3, -0.25) is 14.5 Å². The number of carbonyl (C=O) groups excluding carboxylic acids is 2. The highest BCUT2D eigenvalue weighted by atomic mass is 16.5. The largest absolute Gasteiger partial charge is 0.494 e. The molecule has 160 valence electrons. The van der Waals surface area contributed by atoms with Crippen LogP contribution in [0.4, 0.5) is 5.69 Å². The van der Waals surface area contributed by atoms with Crippen molar-refractivity contribution >= 4 is 17.5 Å². The van der Waals surface area contributed by atoms with Crippen molar-refractivity contribution in [3.05, 3.63) is 54.1 Å². The van der Waals surface area contributed by atoms with Crippen LogP contribution in [0, 0.1) is 5.92 Å². The number of hydrogen-bond acceptors (Lipinski definition) is 4. The quantitative estimate of drug-likeness (QED) is 0.711. The number of rotatable bonds is 8. The van der Waals surface area contributed by atoms with Crippen LogP contribution < -0.4 is 19.7 Å². The number of amides is 2. The molecule has 0 aromatic heterocycles. The molecule has 2 aromatic rings. The highest BCUT2D eigenvalue weighted by Gasteiger charge is 2.27. The molecule has 6 heteroatoms. The topological polar surface area (TPSA) is 67.9 Å². The van der Waals surface area contributed by atoms with E-state index in [1.165, 1.54) is 4.90 Å². The van der Waals surface area contributed by atoms with Gasteiger partial charge in [0.15, 0.2) is 0 Å². The second-order valence-electron chi connectivity index (χ2n) is 7.77. The molecule has 1 atom stereocenters. The molecule has 1 aliphatic rings. The second-order valence-corrected chi connectivity index (χ2v) is 7.77. The molecule has 0 aliphatic carbocycles. The van der Waals surface area contributed by atoms with Crippen molar-refractivity contribution in [2.24, 2.45) is 5.92 Å². The minimum atomic E-state index is -0.211. The number of para-hydroxylation sites is 3. The Labute approximate surface area is 178 Å². The first kappa shape index (κ1) is 21.7. The Hall–Kier alpha value is -3.02. The first-order valence-corrected chi connectivity index (χ1v) is 10.5. The van der Waals surface area contributed by atoms with E-state index in [2.05, 4.69) is 19.2 Å². The van der Waals surface area contributed by atoms with E-state index >= 15 is 0 Å². The lowest BCUT2D eigenvalue weighted by molar-refractivity contribution is -0.124. The molecule has 2 aromatic carbocycles. The summed E-state index contributed by atoms with van der Waals surface area (Å²) < 4.78 is 11.4. The van der Waals surface area contributed by atoms with Crippen molar-refractivity contribution in [3.8, 4) is 11.5 Å². The van der Waals surface area contributed by atoms with E-state index < -0.39 is 0 Å². The van der Waals surface area contributed by atoms with Crippen LogP contribution in [-0.2, 0) is 9.59 Å². The molecule has 0 fully saturated rings. The molecular weight excluding hydrogens is 380 g/mol. The summed E-state index contributed by atoms with van der Waals surface area (Å²) >= 11 is 0. The number of anilines is 1. The van der Waals surface area contributed by atoms with Crippen LogP contribution in [-0.4, -0.2) is 31.6 Å². The van der Waals surface area contributed by atoms with E-state index in [0.29, 0.717) is 30.6 Å². The van der Waals surface area contributed by atoms with Crippen LogP contribution in [0.2, 0.25) is 0 Å². The number of nitrogens with one attached hydrogen (secondary N) is 1. The third kappa shape index (κ3) is 5.32. The van der Waals surface area contributed by atoms with Crippen molar-refractivity contribution in [3.63, 3.8) is 0 Å². The fraction of sp³-hybridized carbons (Fsp3) is 0.417. The van der Waals surface area contributed by atoms with E-state index in [4.69, 9.17) is 9.47 Å². The summed E-state index contributed by atoms with van der Waals surface area (Å²) in [6, 6.07) is 14.9. The van der Waals surface area contributed by atoms with E-state index in [1.54, 1.807) is 0 Å². The highest BCUT2D eigenvalue weighted by Crippen LogP contribution is 2.32. The molecule has 3 rings (SSSR count). The van der Waals surface area contributed by atoms with Gasteiger partial charge in [-0.15, -0.1) is 0 Å². The molecule has 0 saturated carbocycles. The molecule has 0 spiro atoms. The summed E-state index contributed by atoms with van der Waals surface area (Å²) in [7, 11) is 0. The monoisotopic (exact) mass is 410 g/mol. The van der Waals surface area contributed by atoms with Crippen molar-refractivity contribution in [1.82, 2.24) is 5.32 Å². The van der Waals surface area contributed by atoms with Crippen LogP contribution in [0.1, 0.15) is 45.2 Å². The zero-order valence-electron chi connectivity index (χ0n) is 17.9. The average molecular weight is 411 g/mol. The minimum absolute atomic E-state index is 0.0510. The third-order valence-electron chi connectivity index (χ3n) is 4.97. The zero-order chi connectivity index (χ0) is 21.5. The summed E-state index contributed by atoms with van der Waals surface area (Å²) in [6.07, 6.45) is 1.01. The Balaban J connectivity index is 1.81. The first-order chi connectivity index (χ1) is 14.5. The average Bonchev–Trinajstić information content (AvgIpc) is 2.87. The van der Waals surface area contributed by atoms with Crippen molar-refractivity contribution in [2.45, 2.75) is 39.7 Å². The van der Waals surface area contributed by atoms with Gasteiger partial charge in [-0.1, -0.05) is 44.2 Å². The Morgan fingerprint density at radius 3 is 2.67 bits per heavy atom. The molecule has 0 saturated heterocycles. The van der Waals surface area contributed by atoms with Gasteiger partial charge in [0, 0.05) is 5.56 Å².